The predicted molar refractivity (Wildman–Crippen MR) is 106 cm³/mol. The summed E-state index contributed by atoms with van der Waals surface area (Å²) in [5, 5.41) is 13.2. The third-order valence-electron chi connectivity index (χ3n) is 3.76. The Bertz CT molecular complexity index is 1060. The van der Waals surface area contributed by atoms with Crippen LogP contribution in [0.3, 0.4) is 0 Å². The van der Waals surface area contributed by atoms with E-state index in [0.717, 1.165) is 22.2 Å². The molecule has 2 N–H and O–H groups in total. The molecular weight excluding hydrogens is 360 g/mol. The second-order valence-electron chi connectivity index (χ2n) is 5.80. The summed E-state index contributed by atoms with van der Waals surface area (Å²) in [6.07, 6.45) is 5.10. The van der Waals surface area contributed by atoms with Crippen molar-refractivity contribution in [3.8, 4) is 5.69 Å². The second kappa shape index (κ2) is 7.38. The highest BCUT2D eigenvalue weighted by Crippen LogP contribution is 2.22. The monoisotopic (exact) mass is 376 g/mol. The highest BCUT2D eigenvalue weighted by atomic mass is 32.1. The second-order valence-corrected chi connectivity index (χ2v) is 6.66. The molecule has 4 rings (SSSR count). The molecule has 0 atom stereocenters. The standard InChI is InChI=1S/C19H16N6OS/c1-13-12-27-19(21-13)23-15-4-2-14(3-5-15)22-18(26)17-8-11-25(24-17)16-6-9-20-10-7-16/h2-12H,1H3,(H,21,23)(H,22,26). The maximum atomic E-state index is 12.4. The van der Waals surface area contributed by atoms with Gasteiger partial charge in [0.05, 0.1) is 11.4 Å². The number of aryl methyl sites for hydroxylation is 1. The van der Waals surface area contributed by atoms with E-state index in [-0.39, 0.29) is 5.91 Å². The van der Waals surface area contributed by atoms with Gasteiger partial charge in [0.15, 0.2) is 10.8 Å². The average Bonchev–Trinajstić information content (AvgIpc) is 3.33. The van der Waals surface area contributed by atoms with Gasteiger partial charge in [0.25, 0.3) is 5.91 Å². The SMILES string of the molecule is Cc1csc(Nc2ccc(NC(=O)c3ccn(-c4ccncc4)n3)cc2)n1. The minimum absolute atomic E-state index is 0.265. The maximum Gasteiger partial charge on any atom is 0.276 e. The van der Waals surface area contributed by atoms with Crippen LogP contribution in [0.5, 0.6) is 0 Å². The number of carbonyl (C=O) groups is 1. The normalized spacial score (nSPS) is 10.6. The lowest BCUT2D eigenvalue weighted by Gasteiger charge is -2.06. The van der Waals surface area contributed by atoms with Crippen LogP contribution in [-0.2, 0) is 0 Å². The Morgan fingerprint density at radius 3 is 2.48 bits per heavy atom. The molecule has 4 aromatic rings. The summed E-state index contributed by atoms with van der Waals surface area (Å²) >= 11 is 1.55. The summed E-state index contributed by atoms with van der Waals surface area (Å²) in [5.41, 5.74) is 3.77. The van der Waals surface area contributed by atoms with Crippen molar-refractivity contribution in [2.24, 2.45) is 0 Å². The molecule has 7 nitrogen and oxygen atoms in total. The number of thiazole rings is 1. The molecule has 1 amide bonds. The fourth-order valence-electron chi connectivity index (χ4n) is 2.45. The molecule has 0 aliphatic carbocycles. The first kappa shape index (κ1) is 16.9. The van der Waals surface area contributed by atoms with E-state index >= 15 is 0 Å². The zero-order valence-corrected chi connectivity index (χ0v) is 15.3. The molecule has 0 radical (unpaired) electrons. The molecule has 0 unspecified atom stereocenters. The van der Waals surface area contributed by atoms with Gasteiger partial charge in [0.1, 0.15) is 0 Å². The molecule has 0 bridgehead atoms. The molecule has 3 heterocycles. The first-order chi connectivity index (χ1) is 13.2. The Labute approximate surface area is 159 Å². The zero-order chi connectivity index (χ0) is 18.6. The first-order valence-corrected chi connectivity index (χ1v) is 9.12. The van der Waals surface area contributed by atoms with Gasteiger partial charge in [-0.2, -0.15) is 5.10 Å². The highest BCUT2D eigenvalue weighted by molar-refractivity contribution is 7.13. The van der Waals surface area contributed by atoms with E-state index in [0.29, 0.717) is 11.4 Å². The van der Waals surface area contributed by atoms with Crippen molar-refractivity contribution in [3.63, 3.8) is 0 Å². The number of nitrogens with one attached hydrogen (secondary N) is 2. The minimum Gasteiger partial charge on any atom is -0.332 e. The van der Waals surface area contributed by atoms with Crippen LogP contribution in [0.1, 0.15) is 16.2 Å². The van der Waals surface area contributed by atoms with Gasteiger partial charge in [-0.05, 0) is 49.4 Å². The summed E-state index contributed by atoms with van der Waals surface area (Å²) in [4.78, 5) is 20.8. The van der Waals surface area contributed by atoms with Gasteiger partial charge in [0, 0.05) is 35.3 Å². The number of rotatable bonds is 5. The van der Waals surface area contributed by atoms with Crippen molar-refractivity contribution in [2.45, 2.75) is 6.92 Å². The lowest BCUT2D eigenvalue weighted by Crippen LogP contribution is -2.13. The topological polar surface area (TPSA) is 84.7 Å². The minimum atomic E-state index is -0.265. The number of carbonyl (C=O) groups excluding carboxylic acids is 1. The summed E-state index contributed by atoms with van der Waals surface area (Å²) in [6, 6.07) is 12.8. The lowest BCUT2D eigenvalue weighted by atomic mass is 10.2. The molecule has 27 heavy (non-hydrogen) atoms. The number of amides is 1. The van der Waals surface area contributed by atoms with Crippen LogP contribution < -0.4 is 10.6 Å². The molecule has 0 fully saturated rings. The summed E-state index contributed by atoms with van der Waals surface area (Å²) in [5.74, 6) is -0.265. The Balaban J connectivity index is 1.41. The van der Waals surface area contributed by atoms with E-state index < -0.39 is 0 Å². The van der Waals surface area contributed by atoms with Gasteiger partial charge < -0.3 is 10.6 Å². The van der Waals surface area contributed by atoms with Gasteiger partial charge in [0.2, 0.25) is 0 Å². The zero-order valence-electron chi connectivity index (χ0n) is 14.5. The smallest absolute Gasteiger partial charge is 0.276 e. The molecule has 3 aromatic heterocycles. The third-order valence-corrected chi connectivity index (χ3v) is 4.64. The largest absolute Gasteiger partial charge is 0.332 e. The van der Waals surface area contributed by atoms with Gasteiger partial charge in [-0.15, -0.1) is 11.3 Å². The fourth-order valence-corrected chi connectivity index (χ4v) is 3.16. The molecule has 0 aliphatic rings. The van der Waals surface area contributed by atoms with E-state index in [2.05, 4.69) is 25.7 Å². The van der Waals surface area contributed by atoms with Crippen molar-refractivity contribution in [1.29, 1.82) is 0 Å². The number of anilines is 3. The van der Waals surface area contributed by atoms with Crippen LogP contribution in [0.25, 0.3) is 5.69 Å². The molecule has 0 saturated carbocycles. The number of benzene rings is 1. The van der Waals surface area contributed by atoms with Crippen LogP contribution >= 0.6 is 11.3 Å². The van der Waals surface area contributed by atoms with Gasteiger partial charge in [-0.1, -0.05) is 0 Å². The molecule has 0 aliphatic heterocycles. The number of aromatic nitrogens is 4. The Hall–Kier alpha value is -3.52. The van der Waals surface area contributed by atoms with E-state index in [1.807, 2.05) is 48.7 Å². The molecule has 0 spiro atoms. The highest BCUT2D eigenvalue weighted by Gasteiger charge is 2.10. The van der Waals surface area contributed by atoms with Gasteiger partial charge >= 0.3 is 0 Å². The number of nitrogens with zero attached hydrogens (tertiary/aromatic N) is 4. The van der Waals surface area contributed by atoms with Crippen LogP contribution in [0, 0.1) is 6.92 Å². The first-order valence-electron chi connectivity index (χ1n) is 8.24. The predicted octanol–water partition coefficient (Wildman–Crippen LogP) is 4.03. The van der Waals surface area contributed by atoms with Crippen LogP contribution in [0.2, 0.25) is 0 Å². The van der Waals surface area contributed by atoms with Crippen molar-refractivity contribution in [2.75, 3.05) is 10.6 Å². The van der Waals surface area contributed by atoms with Gasteiger partial charge in [-0.25, -0.2) is 9.67 Å². The Morgan fingerprint density at radius 2 is 1.78 bits per heavy atom. The van der Waals surface area contributed by atoms with Crippen LogP contribution in [0.4, 0.5) is 16.5 Å². The van der Waals surface area contributed by atoms with Crippen LogP contribution in [0.15, 0.2) is 66.4 Å². The number of hydrogen-bond acceptors (Lipinski definition) is 6. The van der Waals surface area contributed by atoms with E-state index in [9.17, 15) is 4.79 Å². The van der Waals surface area contributed by atoms with Crippen molar-refractivity contribution in [3.05, 3.63) is 77.8 Å². The molecule has 134 valence electrons. The van der Waals surface area contributed by atoms with E-state index in [4.69, 9.17) is 0 Å². The Kier molecular flexibility index (Phi) is 4.63. The molecule has 8 heteroatoms. The average molecular weight is 376 g/mol. The van der Waals surface area contributed by atoms with Crippen molar-refractivity contribution >= 4 is 33.8 Å². The third kappa shape index (κ3) is 4.01. The molecule has 1 aromatic carbocycles. The number of pyridine rings is 1. The van der Waals surface area contributed by atoms with E-state index in [1.54, 1.807) is 40.7 Å². The molecular formula is C19H16N6OS. The Morgan fingerprint density at radius 1 is 1.04 bits per heavy atom. The maximum absolute atomic E-state index is 12.4. The summed E-state index contributed by atoms with van der Waals surface area (Å²) < 4.78 is 1.64. The quantitative estimate of drug-likeness (QED) is 0.549. The van der Waals surface area contributed by atoms with Crippen LogP contribution in [-0.4, -0.2) is 25.7 Å². The summed E-state index contributed by atoms with van der Waals surface area (Å²) in [6.45, 7) is 1.95. The van der Waals surface area contributed by atoms with Crippen molar-refractivity contribution in [1.82, 2.24) is 19.7 Å². The van der Waals surface area contributed by atoms with Gasteiger partial charge in [-0.3, -0.25) is 9.78 Å². The molecule has 0 saturated heterocycles. The summed E-state index contributed by atoms with van der Waals surface area (Å²) in [7, 11) is 0. The van der Waals surface area contributed by atoms with E-state index in [1.165, 1.54) is 0 Å². The fraction of sp³-hybridized carbons (Fsp3) is 0.0526. The van der Waals surface area contributed by atoms with Crippen molar-refractivity contribution < 1.29 is 4.79 Å². The lowest BCUT2D eigenvalue weighted by molar-refractivity contribution is 0.102. The number of hydrogen-bond donors (Lipinski definition) is 2.